The van der Waals surface area contributed by atoms with Crippen molar-refractivity contribution in [3.05, 3.63) is 45.3 Å². The van der Waals surface area contributed by atoms with Crippen LogP contribution in [-0.2, 0) is 31.9 Å². The molecule has 0 unspecified atom stereocenters. The van der Waals surface area contributed by atoms with Crippen LogP contribution < -0.4 is 10.1 Å². The van der Waals surface area contributed by atoms with Crippen LogP contribution in [0.2, 0.25) is 0 Å². The molecule has 0 saturated heterocycles. The minimum atomic E-state index is -0.643. The third-order valence-electron chi connectivity index (χ3n) is 5.15. The van der Waals surface area contributed by atoms with Gasteiger partial charge in [0.2, 0.25) is 0 Å². The first-order chi connectivity index (χ1) is 15.3. The number of benzene rings is 1. The van der Waals surface area contributed by atoms with Gasteiger partial charge in [0, 0.05) is 4.88 Å². The summed E-state index contributed by atoms with van der Waals surface area (Å²) in [4.78, 5) is 38.0. The van der Waals surface area contributed by atoms with Crippen molar-refractivity contribution in [2.45, 2.75) is 52.9 Å². The Balaban J connectivity index is 1.55. The number of nitrogens with one attached hydrogen (secondary N) is 1. The van der Waals surface area contributed by atoms with Gasteiger partial charge >= 0.3 is 11.9 Å². The number of ether oxygens (including phenoxy) is 3. The Kier molecular flexibility index (Phi) is 7.90. The summed E-state index contributed by atoms with van der Waals surface area (Å²) >= 11 is 1.38. The van der Waals surface area contributed by atoms with E-state index in [0.29, 0.717) is 16.3 Å². The van der Waals surface area contributed by atoms with Crippen LogP contribution >= 0.6 is 11.3 Å². The standard InChI is InChI=1S/C24H29NO6S/c1-5-29-24(28)22-17-7-6-8-19(17)32-23(22)25-20(26)12-31-21(27)13-30-18-11-15(4)9-10-16(18)14(2)3/h9-11,14H,5-8,12-13H2,1-4H3,(H,25,26). The summed E-state index contributed by atoms with van der Waals surface area (Å²) in [7, 11) is 0. The summed E-state index contributed by atoms with van der Waals surface area (Å²) in [6.45, 7) is 7.29. The molecule has 1 aliphatic carbocycles. The number of carbonyl (C=O) groups excluding carboxylic acids is 3. The number of aryl methyl sites for hydroxylation is 2. The molecule has 2 aromatic rings. The number of anilines is 1. The molecule has 1 aromatic heterocycles. The van der Waals surface area contributed by atoms with E-state index in [-0.39, 0.29) is 19.1 Å². The number of thiophene rings is 1. The molecule has 1 aromatic carbocycles. The molecule has 1 aliphatic rings. The summed E-state index contributed by atoms with van der Waals surface area (Å²) < 4.78 is 15.9. The highest BCUT2D eigenvalue weighted by Gasteiger charge is 2.28. The fraction of sp³-hybridized carbons (Fsp3) is 0.458. The fourth-order valence-electron chi connectivity index (χ4n) is 3.64. The van der Waals surface area contributed by atoms with Crippen molar-refractivity contribution in [2.24, 2.45) is 0 Å². The SMILES string of the molecule is CCOC(=O)c1c(NC(=O)COC(=O)COc2cc(C)ccc2C(C)C)sc2c1CCC2. The number of amides is 1. The molecule has 0 spiro atoms. The molecule has 1 N–H and O–H groups in total. The van der Waals surface area contributed by atoms with Gasteiger partial charge in [-0.25, -0.2) is 9.59 Å². The van der Waals surface area contributed by atoms with Gasteiger partial charge in [-0.05, 0) is 61.8 Å². The quantitative estimate of drug-likeness (QED) is 0.559. The Morgan fingerprint density at radius 3 is 2.62 bits per heavy atom. The maximum absolute atomic E-state index is 12.4. The zero-order valence-corrected chi connectivity index (χ0v) is 19.7. The van der Waals surface area contributed by atoms with E-state index in [1.807, 2.05) is 39.0 Å². The van der Waals surface area contributed by atoms with Crippen molar-refractivity contribution in [1.29, 1.82) is 0 Å². The van der Waals surface area contributed by atoms with Crippen molar-refractivity contribution >= 4 is 34.2 Å². The van der Waals surface area contributed by atoms with Gasteiger partial charge in [-0.2, -0.15) is 0 Å². The molecule has 0 fully saturated rings. The van der Waals surface area contributed by atoms with Crippen LogP contribution in [0.25, 0.3) is 0 Å². The molecule has 3 rings (SSSR count). The van der Waals surface area contributed by atoms with Gasteiger partial charge in [-0.3, -0.25) is 4.79 Å². The first-order valence-electron chi connectivity index (χ1n) is 10.8. The lowest BCUT2D eigenvalue weighted by Crippen LogP contribution is -2.24. The minimum absolute atomic E-state index is 0.244. The fourth-order valence-corrected chi connectivity index (χ4v) is 4.94. The lowest BCUT2D eigenvalue weighted by Gasteiger charge is -2.14. The first kappa shape index (κ1) is 23.8. The first-order valence-corrected chi connectivity index (χ1v) is 11.6. The number of hydrogen-bond donors (Lipinski definition) is 1. The second-order valence-electron chi connectivity index (χ2n) is 7.98. The van der Waals surface area contributed by atoms with E-state index in [2.05, 4.69) is 5.32 Å². The zero-order chi connectivity index (χ0) is 23.3. The summed E-state index contributed by atoms with van der Waals surface area (Å²) in [6.07, 6.45) is 2.66. The van der Waals surface area contributed by atoms with Crippen molar-refractivity contribution < 1.29 is 28.6 Å². The van der Waals surface area contributed by atoms with Crippen LogP contribution in [0.1, 0.15) is 65.0 Å². The molecule has 0 radical (unpaired) electrons. The summed E-state index contributed by atoms with van der Waals surface area (Å²) in [5, 5.41) is 3.15. The monoisotopic (exact) mass is 459 g/mol. The highest BCUT2D eigenvalue weighted by molar-refractivity contribution is 7.17. The predicted octanol–water partition coefficient (Wildman–Crippen LogP) is 4.41. The van der Waals surface area contributed by atoms with Crippen molar-refractivity contribution in [3.8, 4) is 5.75 Å². The molecule has 0 saturated carbocycles. The third kappa shape index (κ3) is 5.68. The lowest BCUT2D eigenvalue weighted by molar-refractivity contribution is -0.149. The van der Waals surface area contributed by atoms with Gasteiger partial charge in [0.1, 0.15) is 10.8 Å². The second-order valence-corrected chi connectivity index (χ2v) is 9.08. The molecular weight excluding hydrogens is 430 g/mol. The van der Waals surface area contributed by atoms with E-state index >= 15 is 0 Å². The van der Waals surface area contributed by atoms with E-state index < -0.39 is 24.5 Å². The molecule has 0 bridgehead atoms. The lowest BCUT2D eigenvalue weighted by atomic mass is 10.0. The van der Waals surface area contributed by atoms with Crippen molar-refractivity contribution in [2.75, 3.05) is 25.1 Å². The molecule has 1 heterocycles. The number of fused-ring (bicyclic) bond motifs is 1. The topological polar surface area (TPSA) is 90.9 Å². The van der Waals surface area contributed by atoms with E-state index in [1.165, 1.54) is 11.3 Å². The minimum Gasteiger partial charge on any atom is -0.482 e. The zero-order valence-electron chi connectivity index (χ0n) is 18.9. The highest BCUT2D eigenvalue weighted by Crippen LogP contribution is 2.39. The number of esters is 2. The highest BCUT2D eigenvalue weighted by atomic mass is 32.1. The molecule has 32 heavy (non-hydrogen) atoms. The van der Waals surface area contributed by atoms with Crippen LogP contribution in [0, 0.1) is 6.92 Å². The normalized spacial score (nSPS) is 12.4. The van der Waals surface area contributed by atoms with Crippen LogP contribution in [0.3, 0.4) is 0 Å². The van der Waals surface area contributed by atoms with Gasteiger partial charge in [-0.15, -0.1) is 11.3 Å². The maximum atomic E-state index is 12.4. The Morgan fingerprint density at radius 1 is 1.12 bits per heavy atom. The Hall–Kier alpha value is -2.87. The molecule has 8 heteroatoms. The van der Waals surface area contributed by atoms with Crippen molar-refractivity contribution in [1.82, 2.24) is 0 Å². The maximum Gasteiger partial charge on any atom is 0.344 e. The van der Waals surface area contributed by atoms with Crippen LogP contribution in [-0.4, -0.2) is 37.7 Å². The summed E-state index contributed by atoms with van der Waals surface area (Å²) in [5.41, 5.74) is 3.40. The average molecular weight is 460 g/mol. The van der Waals surface area contributed by atoms with E-state index in [1.54, 1.807) is 6.92 Å². The van der Waals surface area contributed by atoms with E-state index in [4.69, 9.17) is 14.2 Å². The number of hydrogen-bond acceptors (Lipinski definition) is 7. The predicted molar refractivity (Wildman–Crippen MR) is 123 cm³/mol. The summed E-state index contributed by atoms with van der Waals surface area (Å²) in [5.74, 6) is -0.716. The van der Waals surface area contributed by atoms with Crippen LogP contribution in [0.15, 0.2) is 18.2 Å². The Labute approximate surface area is 192 Å². The number of carbonyl (C=O) groups is 3. The Bertz CT molecular complexity index is 1010. The average Bonchev–Trinajstić information content (AvgIpc) is 3.31. The smallest absolute Gasteiger partial charge is 0.344 e. The summed E-state index contributed by atoms with van der Waals surface area (Å²) in [6, 6.07) is 5.85. The van der Waals surface area contributed by atoms with Gasteiger partial charge in [0.25, 0.3) is 5.91 Å². The molecule has 0 atom stereocenters. The largest absolute Gasteiger partial charge is 0.482 e. The van der Waals surface area contributed by atoms with Gasteiger partial charge < -0.3 is 19.5 Å². The van der Waals surface area contributed by atoms with Gasteiger partial charge in [0.05, 0.1) is 12.2 Å². The van der Waals surface area contributed by atoms with Crippen LogP contribution in [0.5, 0.6) is 5.75 Å². The second kappa shape index (κ2) is 10.6. The molecular formula is C24H29NO6S. The molecule has 1 amide bonds. The molecule has 7 nitrogen and oxygen atoms in total. The van der Waals surface area contributed by atoms with E-state index in [9.17, 15) is 14.4 Å². The van der Waals surface area contributed by atoms with Crippen molar-refractivity contribution in [3.63, 3.8) is 0 Å². The number of rotatable bonds is 9. The molecule has 172 valence electrons. The van der Waals surface area contributed by atoms with E-state index in [0.717, 1.165) is 40.8 Å². The van der Waals surface area contributed by atoms with Gasteiger partial charge in [-0.1, -0.05) is 26.0 Å². The Morgan fingerprint density at radius 2 is 1.91 bits per heavy atom. The van der Waals surface area contributed by atoms with Crippen LogP contribution in [0.4, 0.5) is 5.00 Å². The molecule has 0 aliphatic heterocycles. The third-order valence-corrected chi connectivity index (χ3v) is 6.36. The van der Waals surface area contributed by atoms with Gasteiger partial charge in [0.15, 0.2) is 13.2 Å².